The molecule has 222 valence electrons. The number of benzene rings is 1. The molecule has 1 aromatic heterocycles. The maximum absolute atomic E-state index is 14.0. The zero-order valence-corrected chi connectivity index (χ0v) is 23.0. The van der Waals surface area contributed by atoms with Gasteiger partial charge in [0.25, 0.3) is 5.91 Å². The summed E-state index contributed by atoms with van der Waals surface area (Å²) in [5.41, 5.74) is -1.19. The lowest BCUT2D eigenvalue weighted by molar-refractivity contribution is -0.139. The molecule has 2 aromatic rings. The fraction of sp³-hybridized carbons (Fsp3) is 0.600. The van der Waals surface area contributed by atoms with Crippen molar-refractivity contribution in [3.63, 3.8) is 0 Å². The Balaban J connectivity index is 1.71. The van der Waals surface area contributed by atoms with E-state index in [1.807, 2.05) is 0 Å². The summed E-state index contributed by atoms with van der Waals surface area (Å²) in [4.78, 5) is 16.5. The Bertz CT molecular complexity index is 1300. The number of rotatable bonds is 8. The largest absolute Gasteiger partial charge is 0.417 e. The van der Waals surface area contributed by atoms with E-state index in [-0.39, 0.29) is 22.5 Å². The summed E-state index contributed by atoms with van der Waals surface area (Å²) in [7, 11) is -5.14. The van der Waals surface area contributed by atoms with Gasteiger partial charge < -0.3 is 10.1 Å². The van der Waals surface area contributed by atoms with Gasteiger partial charge in [-0.2, -0.15) is 26.3 Å². The van der Waals surface area contributed by atoms with E-state index in [1.54, 1.807) is 0 Å². The van der Waals surface area contributed by atoms with Crippen LogP contribution < -0.4 is 10.0 Å². The predicted octanol–water partition coefficient (Wildman–Crippen LogP) is 5.70. The standard InChI is InChI=1S/C25H29F6N3O4S2/c26-24(27,28)14-32-40(36,37)20-7-6-16(13-18(20)25(29,30)31)21-19(12-15-4-2-1-3-5-15)34-23(39-21)22(35)33-17-8-10-38-11-9-17/h6-7,13,15,17,32H,1-5,8-12,14H2,(H,33,35). The lowest BCUT2D eigenvalue weighted by Gasteiger charge is -2.22. The van der Waals surface area contributed by atoms with Crippen molar-refractivity contribution in [3.05, 3.63) is 34.5 Å². The first-order chi connectivity index (χ1) is 18.7. The normalized spacial score (nSPS) is 18.1. The fourth-order valence-electron chi connectivity index (χ4n) is 4.95. The molecule has 2 aliphatic rings. The SMILES string of the molecule is O=C(NC1CCOCC1)c1nc(CC2CCCCC2)c(-c2ccc(S(=O)(=O)NCC(F)(F)F)c(C(F)(F)F)c2)s1. The van der Waals surface area contributed by atoms with Gasteiger partial charge in [-0.3, -0.25) is 4.79 Å². The van der Waals surface area contributed by atoms with Crippen LogP contribution in [0.3, 0.4) is 0 Å². The number of sulfonamides is 1. The van der Waals surface area contributed by atoms with Crippen molar-refractivity contribution in [2.75, 3.05) is 19.8 Å². The zero-order chi connectivity index (χ0) is 29.1. The average Bonchev–Trinajstić information content (AvgIpc) is 3.31. The van der Waals surface area contributed by atoms with Crippen molar-refractivity contribution in [1.29, 1.82) is 0 Å². The van der Waals surface area contributed by atoms with E-state index in [0.717, 1.165) is 49.5 Å². The molecular formula is C25H29F6N3O4S2. The molecule has 2 heterocycles. The van der Waals surface area contributed by atoms with Crippen LogP contribution in [0.15, 0.2) is 23.1 Å². The number of hydrogen-bond donors (Lipinski definition) is 2. The maximum atomic E-state index is 14.0. The quantitative estimate of drug-likeness (QED) is 0.373. The molecule has 1 amide bonds. The van der Waals surface area contributed by atoms with E-state index in [1.165, 1.54) is 4.72 Å². The highest BCUT2D eigenvalue weighted by molar-refractivity contribution is 7.89. The predicted molar refractivity (Wildman–Crippen MR) is 135 cm³/mol. The highest BCUT2D eigenvalue weighted by Crippen LogP contribution is 2.40. The van der Waals surface area contributed by atoms with Crippen LogP contribution >= 0.6 is 11.3 Å². The highest BCUT2D eigenvalue weighted by Gasteiger charge is 2.39. The Hall–Kier alpha value is -2.23. The minimum Gasteiger partial charge on any atom is -0.381 e. The summed E-state index contributed by atoms with van der Waals surface area (Å²) in [6.45, 7) is -1.02. The second kappa shape index (κ2) is 12.3. The number of nitrogens with one attached hydrogen (secondary N) is 2. The number of carbonyl (C=O) groups excluding carboxylic acids is 1. The number of nitrogens with zero attached hydrogens (tertiary/aromatic N) is 1. The number of carbonyl (C=O) groups is 1. The minimum absolute atomic E-state index is 0.0180. The van der Waals surface area contributed by atoms with Crippen LogP contribution in [0, 0.1) is 5.92 Å². The first kappa shape index (κ1) is 30.7. The number of aromatic nitrogens is 1. The Morgan fingerprint density at radius 2 is 1.70 bits per heavy atom. The molecule has 1 aliphatic carbocycles. The number of thiazole rings is 1. The molecule has 1 saturated carbocycles. The molecule has 1 aromatic carbocycles. The molecule has 1 saturated heterocycles. The second-order valence-corrected chi connectivity index (χ2v) is 12.7. The molecule has 0 atom stereocenters. The Labute approximate surface area is 231 Å². The van der Waals surface area contributed by atoms with Crippen LogP contribution in [0.25, 0.3) is 10.4 Å². The number of halogens is 6. The third kappa shape index (κ3) is 7.95. The summed E-state index contributed by atoms with van der Waals surface area (Å²) >= 11 is 0.909. The van der Waals surface area contributed by atoms with Gasteiger partial charge in [0.1, 0.15) is 6.54 Å². The first-order valence-electron chi connectivity index (χ1n) is 12.9. The Morgan fingerprint density at radius 3 is 2.33 bits per heavy atom. The number of ether oxygens (including phenoxy) is 1. The zero-order valence-electron chi connectivity index (χ0n) is 21.3. The summed E-state index contributed by atoms with van der Waals surface area (Å²) in [5.74, 6) is -0.228. The molecule has 2 fully saturated rings. The van der Waals surface area contributed by atoms with Crippen LogP contribution in [0.2, 0.25) is 0 Å². The van der Waals surface area contributed by atoms with Crippen molar-refractivity contribution < 1.29 is 44.3 Å². The van der Waals surface area contributed by atoms with Crippen molar-refractivity contribution >= 4 is 27.3 Å². The molecule has 0 radical (unpaired) electrons. The number of hydrogen-bond acceptors (Lipinski definition) is 6. The van der Waals surface area contributed by atoms with Crippen LogP contribution in [0.4, 0.5) is 26.3 Å². The molecule has 1 aliphatic heterocycles. The van der Waals surface area contributed by atoms with Gasteiger partial charge in [0, 0.05) is 19.3 Å². The lowest BCUT2D eigenvalue weighted by atomic mass is 9.85. The lowest BCUT2D eigenvalue weighted by Crippen LogP contribution is -2.38. The smallest absolute Gasteiger partial charge is 0.381 e. The second-order valence-electron chi connectivity index (χ2n) is 10.0. The Kier molecular flexibility index (Phi) is 9.47. The van der Waals surface area contributed by atoms with Crippen molar-refractivity contribution in [2.45, 2.75) is 74.7 Å². The van der Waals surface area contributed by atoms with E-state index < -0.39 is 45.3 Å². The van der Waals surface area contributed by atoms with E-state index in [2.05, 4.69) is 10.3 Å². The first-order valence-corrected chi connectivity index (χ1v) is 15.2. The van der Waals surface area contributed by atoms with Gasteiger partial charge in [-0.1, -0.05) is 38.2 Å². The van der Waals surface area contributed by atoms with Gasteiger partial charge in [0.05, 0.1) is 21.0 Å². The van der Waals surface area contributed by atoms with E-state index >= 15 is 0 Å². The monoisotopic (exact) mass is 613 g/mol. The molecular weight excluding hydrogens is 584 g/mol. The maximum Gasteiger partial charge on any atom is 0.417 e. The average molecular weight is 614 g/mol. The van der Waals surface area contributed by atoms with Gasteiger partial charge in [-0.25, -0.2) is 18.1 Å². The van der Waals surface area contributed by atoms with E-state index in [0.29, 0.717) is 55.2 Å². The van der Waals surface area contributed by atoms with Crippen LogP contribution in [-0.4, -0.2) is 51.3 Å². The topological polar surface area (TPSA) is 97.4 Å². The summed E-state index contributed by atoms with van der Waals surface area (Å²) < 4.78 is 111. The minimum atomic E-state index is -5.18. The van der Waals surface area contributed by atoms with Crippen LogP contribution in [-0.2, 0) is 27.4 Å². The van der Waals surface area contributed by atoms with E-state index in [9.17, 15) is 39.6 Å². The number of alkyl halides is 6. The molecule has 2 N–H and O–H groups in total. The molecule has 15 heteroatoms. The molecule has 0 bridgehead atoms. The van der Waals surface area contributed by atoms with Crippen molar-refractivity contribution in [2.24, 2.45) is 5.92 Å². The third-order valence-electron chi connectivity index (χ3n) is 6.95. The van der Waals surface area contributed by atoms with Gasteiger partial charge >= 0.3 is 12.4 Å². The third-order valence-corrected chi connectivity index (χ3v) is 9.56. The molecule has 40 heavy (non-hydrogen) atoms. The van der Waals surface area contributed by atoms with Crippen LogP contribution in [0.1, 0.15) is 66.0 Å². The molecule has 7 nitrogen and oxygen atoms in total. The van der Waals surface area contributed by atoms with Crippen LogP contribution in [0.5, 0.6) is 0 Å². The molecule has 4 rings (SSSR count). The summed E-state index contributed by atoms with van der Waals surface area (Å²) in [5, 5.41) is 2.96. The van der Waals surface area contributed by atoms with Gasteiger partial charge in [0.15, 0.2) is 5.01 Å². The summed E-state index contributed by atoms with van der Waals surface area (Å²) in [6.07, 6.45) is -3.53. The van der Waals surface area contributed by atoms with Crippen molar-refractivity contribution in [3.8, 4) is 10.4 Å². The molecule has 0 spiro atoms. The van der Waals surface area contributed by atoms with E-state index in [4.69, 9.17) is 4.74 Å². The number of amides is 1. The summed E-state index contributed by atoms with van der Waals surface area (Å²) in [6, 6.07) is 2.22. The highest BCUT2D eigenvalue weighted by atomic mass is 32.2. The van der Waals surface area contributed by atoms with Crippen molar-refractivity contribution in [1.82, 2.24) is 15.0 Å². The fourth-order valence-corrected chi connectivity index (χ4v) is 7.16. The molecule has 0 unspecified atom stereocenters. The van der Waals surface area contributed by atoms with Gasteiger partial charge in [-0.15, -0.1) is 11.3 Å². The van der Waals surface area contributed by atoms with Gasteiger partial charge in [0.2, 0.25) is 10.0 Å². The van der Waals surface area contributed by atoms with Gasteiger partial charge in [-0.05, 0) is 42.9 Å². The Morgan fingerprint density at radius 1 is 1.02 bits per heavy atom.